The molecule has 1 aromatic carbocycles. The van der Waals surface area contributed by atoms with Gasteiger partial charge in [-0.25, -0.2) is 0 Å². The minimum atomic E-state index is 0.469. The van der Waals surface area contributed by atoms with E-state index in [2.05, 4.69) is 5.10 Å². The molecule has 0 saturated heterocycles. The first-order valence-corrected chi connectivity index (χ1v) is 5.61. The van der Waals surface area contributed by atoms with E-state index < -0.39 is 0 Å². The van der Waals surface area contributed by atoms with Gasteiger partial charge in [0.05, 0.1) is 18.3 Å². The van der Waals surface area contributed by atoms with E-state index in [0.717, 1.165) is 5.56 Å². The van der Waals surface area contributed by atoms with Crippen molar-refractivity contribution >= 4 is 29.0 Å². The number of nitrogens with two attached hydrogens (primary N) is 1. The maximum Gasteiger partial charge on any atom is 0.139 e. The van der Waals surface area contributed by atoms with Gasteiger partial charge in [-0.15, -0.1) is 0 Å². The number of nitrogens with zero attached hydrogens (tertiary/aromatic N) is 2. The quantitative estimate of drug-likeness (QED) is 0.914. The van der Waals surface area contributed by atoms with Crippen LogP contribution in [0, 0.1) is 0 Å². The molecule has 0 radical (unpaired) electrons. The van der Waals surface area contributed by atoms with Crippen LogP contribution in [0.4, 0.5) is 5.82 Å². The Morgan fingerprint density at radius 3 is 2.53 bits per heavy atom. The van der Waals surface area contributed by atoms with Gasteiger partial charge < -0.3 is 10.5 Å². The van der Waals surface area contributed by atoms with Gasteiger partial charge in [-0.1, -0.05) is 23.2 Å². The molecule has 0 spiro atoms. The van der Waals surface area contributed by atoms with E-state index >= 15 is 0 Å². The van der Waals surface area contributed by atoms with Crippen LogP contribution in [0.3, 0.4) is 0 Å². The van der Waals surface area contributed by atoms with E-state index in [0.29, 0.717) is 27.2 Å². The van der Waals surface area contributed by atoms with Crippen molar-refractivity contribution in [2.45, 2.75) is 0 Å². The van der Waals surface area contributed by atoms with E-state index in [-0.39, 0.29) is 0 Å². The van der Waals surface area contributed by atoms with E-state index in [9.17, 15) is 0 Å². The zero-order valence-corrected chi connectivity index (χ0v) is 10.9. The number of aryl methyl sites for hydroxylation is 1. The molecule has 2 N–H and O–H groups in total. The third-order valence-corrected chi connectivity index (χ3v) is 3.11. The van der Waals surface area contributed by atoms with Crippen molar-refractivity contribution in [3.63, 3.8) is 0 Å². The third-order valence-electron chi connectivity index (χ3n) is 2.50. The van der Waals surface area contributed by atoms with E-state index in [1.165, 1.54) is 7.11 Å². The molecule has 0 saturated carbocycles. The van der Waals surface area contributed by atoms with Gasteiger partial charge in [-0.2, -0.15) is 5.10 Å². The Labute approximate surface area is 109 Å². The van der Waals surface area contributed by atoms with Crippen LogP contribution in [-0.4, -0.2) is 16.9 Å². The Kier molecular flexibility index (Phi) is 3.17. The van der Waals surface area contributed by atoms with Crippen LogP contribution in [0.1, 0.15) is 0 Å². The van der Waals surface area contributed by atoms with Gasteiger partial charge in [0.25, 0.3) is 0 Å². The number of rotatable bonds is 2. The SMILES string of the molecule is COc1cc(Cl)cc(-c2cnn(C)c2N)c1Cl. The molecule has 6 heteroatoms. The predicted octanol–water partition coefficient (Wildman–Crippen LogP) is 2.98. The summed E-state index contributed by atoms with van der Waals surface area (Å²) in [6.45, 7) is 0. The maximum absolute atomic E-state index is 6.22. The zero-order valence-electron chi connectivity index (χ0n) is 9.37. The lowest BCUT2D eigenvalue weighted by Gasteiger charge is -2.09. The maximum atomic E-state index is 6.22. The molecule has 0 aliphatic carbocycles. The first-order valence-electron chi connectivity index (χ1n) is 4.85. The summed E-state index contributed by atoms with van der Waals surface area (Å²) >= 11 is 12.2. The first kappa shape index (κ1) is 12.1. The first-order chi connectivity index (χ1) is 8.04. The smallest absolute Gasteiger partial charge is 0.139 e. The number of hydrogen-bond donors (Lipinski definition) is 1. The molecular formula is C11H11Cl2N3O. The Morgan fingerprint density at radius 1 is 1.29 bits per heavy atom. The summed E-state index contributed by atoms with van der Waals surface area (Å²) in [4.78, 5) is 0. The summed E-state index contributed by atoms with van der Waals surface area (Å²) in [5.74, 6) is 1.04. The normalized spacial score (nSPS) is 10.6. The van der Waals surface area contributed by atoms with Gasteiger partial charge in [0, 0.05) is 29.3 Å². The Morgan fingerprint density at radius 2 is 2.00 bits per heavy atom. The number of halogens is 2. The number of benzene rings is 1. The van der Waals surface area contributed by atoms with Gasteiger partial charge in [-0.3, -0.25) is 4.68 Å². The van der Waals surface area contributed by atoms with Crippen molar-refractivity contribution in [2.75, 3.05) is 12.8 Å². The fraction of sp³-hybridized carbons (Fsp3) is 0.182. The van der Waals surface area contributed by atoms with Gasteiger partial charge in [0.1, 0.15) is 11.6 Å². The summed E-state index contributed by atoms with van der Waals surface area (Å²) in [6, 6.07) is 3.39. The minimum absolute atomic E-state index is 0.469. The molecule has 2 rings (SSSR count). The number of nitrogen functional groups attached to an aromatic ring is 1. The molecule has 4 nitrogen and oxygen atoms in total. The fourth-order valence-corrected chi connectivity index (χ4v) is 2.06. The molecule has 0 fully saturated rings. The lowest BCUT2D eigenvalue weighted by Crippen LogP contribution is -1.98. The summed E-state index contributed by atoms with van der Waals surface area (Å²) in [5, 5.41) is 5.07. The van der Waals surface area contributed by atoms with Crippen LogP contribution in [0.15, 0.2) is 18.3 Å². The molecule has 1 heterocycles. The fourth-order valence-electron chi connectivity index (χ4n) is 1.56. The lowest BCUT2D eigenvalue weighted by atomic mass is 10.1. The molecule has 90 valence electrons. The molecule has 0 atom stereocenters. The number of hydrogen-bond acceptors (Lipinski definition) is 3. The Hall–Kier alpha value is -1.39. The topological polar surface area (TPSA) is 53.1 Å². The van der Waals surface area contributed by atoms with E-state index in [4.69, 9.17) is 33.7 Å². The highest BCUT2D eigenvalue weighted by atomic mass is 35.5. The van der Waals surface area contributed by atoms with Gasteiger partial charge in [0.15, 0.2) is 0 Å². The van der Waals surface area contributed by atoms with E-state index in [1.54, 1.807) is 30.1 Å². The van der Waals surface area contributed by atoms with Gasteiger partial charge in [0.2, 0.25) is 0 Å². The van der Waals surface area contributed by atoms with Gasteiger partial charge in [-0.05, 0) is 6.07 Å². The number of methoxy groups -OCH3 is 1. The van der Waals surface area contributed by atoms with Crippen molar-refractivity contribution in [1.82, 2.24) is 9.78 Å². The van der Waals surface area contributed by atoms with Gasteiger partial charge >= 0.3 is 0 Å². The molecule has 0 amide bonds. The average molecular weight is 272 g/mol. The van der Waals surface area contributed by atoms with Crippen molar-refractivity contribution in [1.29, 1.82) is 0 Å². The zero-order chi connectivity index (χ0) is 12.6. The number of anilines is 1. The third kappa shape index (κ3) is 2.06. The molecule has 1 aromatic heterocycles. The van der Waals surface area contributed by atoms with Crippen LogP contribution in [0.5, 0.6) is 5.75 Å². The Balaban J connectivity index is 2.67. The predicted molar refractivity (Wildman–Crippen MR) is 69.6 cm³/mol. The van der Waals surface area contributed by atoms with Crippen LogP contribution in [-0.2, 0) is 7.05 Å². The number of aromatic nitrogens is 2. The molecular weight excluding hydrogens is 261 g/mol. The lowest BCUT2D eigenvalue weighted by molar-refractivity contribution is 0.415. The van der Waals surface area contributed by atoms with Crippen LogP contribution >= 0.6 is 23.2 Å². The molecule has 0 bridgehead atoms. The molecule has 0 aliphatic heterocycles. The van der Waals surface area contributed by atoms with E-state index in [1.807, 2.05) is 0 Å². The monoisotopic (exact) mass is 271 g/mol. The Bertz CT molecular complexity index is 566. The second-order valence-corrected chi connectivity index (χ2v) is 4.35. The van der Waals surface area contributed by atoms with Crippen molar-refractivity contribution in [2.24, 2.45) is 7.05 Å². The summed E-state index contributed by atoms with van der Waals surface area (Å²) in [7, 11) is 3.29. The second kappa shape index (κ2) is 4.47. The highest BCUT2D eigenvalue weighted by Gasteiger charge is 2.15. The van der Waals surface area contributed by atoms with Crippen LogP contribution < -0.4 is 10.5 Å². The highest BCUT2D eigenvalue weighted by molar-refractivity contribution is 6.37. The van der Waals surface area contributed by atoms with Crippen LogP contribution in [0.25, 0.3) is 11.1 Å². The van der Waals surface area contributed by atoms with Crippen molar-refractivity contribution < 1.29 is 4.74 Å². The molecule has 0 aliphatic rings. The standard InChI is InChI=1S/C11H11Cl2N3O/c1-16-11(14)8(5-15-16)7-3-6(12)4-9(17-2)10(7)13/h3-5H,14H2,1-2H3. The van der Waals surface area contributed by atoms with Crippen molar-refractivity contribution in [3.8, 4) is 16.9 Å². The van der Waals surface area contributed by atoms with Crippen LogP contribution in [0.2, 0.25) is 10.0 Å². The highest BCUT2D eigenvalue weighted by Crippen LogP contribution is 2.39. The summed E-state index contributed by atoms with van der Waals surface area (Å²) < 4.78 is 6.72. The second-order valence-electron chi connectivity index (χ2n) is 3.54. The summed E-state index contributed by atoms with van der Waals surface area (Å²) in [6.07, 6.45) is 1.65. The average Bonchev–Trinajstić information content (AvgIpc) is 2.63. The number of ether oxygens (including phenoxy) is 1. The molecule has 2 aromatic rings. The molecule has 17 heavy (non-hydrogen) atoms. The van der Waals surface area contributed by atoms with Crippen molar-refractivity contribution in [3.05, 3.63) is 28.4 Å². The molecule has 0 unspecified atom stereocenters. The summed E-state index contributed by atoms with van der Waals surface area (Å²) in [5.41, 5.74) is 7.35. The minimum Gasteiger partial charge on any atom is -0.495 e. The largest absolute Gasteiger partial charge is 0.495 e.